The lowest BCUT2D eigenvalue weighted by atomic mass is 10.0. The first-order chi connectivity index (χ1) is 8.91. The maximum absolute atomic E-state index is 11.3. The highest BCUT2D eigenvalue weighted by Gasteiger charge is 2.23. The molecule has 0 spiro atoms. The second kappa shape index (κ2) is 10.6. The summed E-state index contributed by atoms with van der Waals surface area (Å²) in [5.74, 6) is 0. The summed E-state index contributed by atoms with van der Waals surface area (Å²) >= 11 is 0. The van der Waals surface area contributed by atoms with Gasteiger partial charge < -0.3 is 5.11 Å². The van der Waals surface area contributed by atoms with E-state index in [0.717, 1.165) is 32.1 Å². The predicted molar refractivity (Wildman–Crippen MR) is 78.9 cm³/mol. The highest BCUT2D eigenvalue weighted by Crippen LogP contribution is 2.18. The van der Waals surface area contributed by atoms with Gasteiger partial charge in [-0.1, -0.05) is 52.4 Å². The minimum Gasteiger partial charge on any atom is -0.393 e. The molecule has 0 amide bonds. The Balaban J connectivity index is 4.04. The van der Waals surface area contributed by atoms with Gasteiger partial charge in [0.15, 0.2) is 0 Å². The van der Waals surface area contributed by atoms with Crippen LogP contribution in [0.15, 0.2) is 0 Å². The zero-order valence-electron chi connectivity index (χ0n) is 12.3. The highest BCUT2D eigenvalue weighted by molar-refractivity contribution is 7.86. The van der Waals surface area contributed by atoms with E-state index >= 15 is 0 Å². The van der Waals surface area contributed by atoms with E-state index in [1.807, 2.05) is 6.92 Å². The van der Waals surface area contributed by atoms with E-state index in [1.165, 1.54) is 6.42 Å². The average Bonchev–Trinajstić information content (AvgIpc) is 2.31. The van der Waals surface area contributed by atoms with E-state index in [9.17, 15) is 18.1 Å². The molecular weight excluding hydrogens is 264 g/mol. The highest BCUT2D eigenvalue weighted by atomic mass is 32.2. The molecule has 0 aliphatic carbocycles. The topological polar surface area (TPSA) is 74.6 Å². The van der Waals surface area contributed by atoms with Crippen molar-refractivity contribution in [3.05, 3.63) is 0 Å². The van der Waals surface area contributed by atoms with Crippen LogP contribution in [0.3, 0.4) is 0 Å². The van der Waals surface area contributed by atoms with E-state index in [1.54, 1.807) is 0 Å². The van der Waals surface area contributed by atoms with Crippen molar-refractivity contribution < 1.29 is 18.1 Å². The number of aliphatic hydroxyl groups excluding tert-OH is 1. The lowest BCUT2D eigenvalue weighted by Crippen LogP contribution is -2.22. The molecule has 116 valence electrons. The Hall–Kier alpha value is -0.130. The van der Waals surface area contributed by atoms with Gasteiger partial charge in [-0.2, -0.15) is 8.42 Å². The first-order valence-electron chi connectivity index (χ1n) is 7.56. The second-order valence-corrected chi connectivity index (χ2v) is 7.06. The molecule has 0 heterocycles. The maximum Gasteiger partial charge on any atom is 0.267 e. The first-order valence-corrected chi connectivity index (χ1v) is 9.06. The Labute approximate surface area is 118 Å². The van der Waals surface area contributed by atoms with Crippen LogP contribution in [-0.4, -0.2) is 29.4 Å². The molecule has 0 aromatic rings. The van der Waals surface area contributed by atoms with Crippen molar-refractivity contribution in [3.63, 3.8) is 0 Å². The Morgan fingerprint density at radius 2 is 1.47 bits per heavy atom. The van der Waals surface area contributed by atoms with Crippen LogP contribution < -0.4 is 0 Å². The van der Waals surface area contributed by atoms with Crippen LogP contribution in [0.5, 0.6) is 0 Å². The SMILES string of the molecule is CCCCCCCC(CCC(O)CCC)S(=O)(=O)O. The lowest BCUT2D eigenvalue weighted by molar-refractivity contribution is 0.150. The summed E-state index contributed by atoms with van der Waals surface area (Å²) < 4.78 is 31.8. The third-order valence-electron chi connectivity index (χ3n) is 3.49. The molecular formula is C14H30O4S. The molecule has 0 rings (SSSR count). The third kappa shape index (κ3) is 10.3. The summed E-state index contributed by atoms with van der Waals surface area (Å²) in [5, 5.41) is 8.92. The van der Waals surface area contributed by atoms with Crippen LogP contribution in [0.4, 0.5) is 0 Å². The quantitative estimate of drug-likeness (QED) is 0.426. The largest absolute Gasteiger partial charge is 0.393 e. The summed E-state index contributed by atoms with van der Waals surface area (Å²) in [6.07, 6.45) is 7.72. The molecule has 0 aliphatic rings. The fourth-order valence-corrected chi connectivity index (χ4v) is 3.17. The molecule has 0 aromatic carbocycles. The lowest BCUT2D eigenvalue weighted by Gasteiger charge is -2.16. The predicted octanol–water partition coefficient (Wildman–Crippen LogP) is 3.54. The molecule has 0 aliphatic heterocycles. The molecule has 5 heteroatoms. The van der Waals surface area contributed by atoms with Gasteiger partial charge in [-0.3, -0.25) is 4.55 Å². The van der Waals surface area contributed by atoms with Gasteiger partial charge in [0.25, 0.3) is 10.1 Å². The fourth-order valence-electron chi connectivity index (χ4n) is 2.27. The van der Waals surface area contributed by atoms with Gasteiger partial charge in [0.05, 0.1) is 11.4 Å². The summed E-state index contributed by atoms with van der Waals surface area (Å²) in [6, 6.07) is 0. The van der Waals surface area contributed by atoms with Crippen LogP contribution in [0.1, 0.15) is 78.1 Å². The van der Waals surface area contributed by atoms with Crippen LogP contribution in [-0.2, 0) is 10.1 Å². The van der Waals surface area contributed by atoms with Gasteiger partial charge in [0.2, 0.25) is 0 Å². The summed E-state index contributed by atoms with van der Waals surface area (Å²) in [4.78, 5) is 0. The van der Waals surface area contributed by atoms with Crippen LogP contribution in [0, 0.1) is 0 Å². The molecule has 0 saturated carbocycles. The molecule has 0 fully saturated rings. The average molecular weight is 294 g/mol. The van der Waals surface area contributed by atoms with Crippen molar-refractivity contribution in [1.29, 1.82) is 0 Å². The number of hydrogen-bond donors (Lipinski definition) is 2. The van der Waals surface area contributed by atoms with E-state index in [2.05, 4.69) is 6.92 Å². The molecule has 2 unspecified atom stereocenters. The third-order valence-corrected chi connectivity index (χ3v) is 4.81. The molecule has 19 heavy (non-hydrogen) atoms. The van der Waals surface area contributed by atoms with Gasteiger partial charge in [-0.05, 0) is 25.7 Å². The second-order valence-electron chi connectivity index (χ2n) is 5.36. The number of aliphatic hydroxyl groups is 1. The maximum atomic E-state index is 11.3. The van der Waals surface area contributed by atoms with Gasteiger partial charge in [-0.25, -0.2) is 0 Å². The van der Waals surface area contributed by atoms with Crippen molar-refractivity contribution in [2.24, 2.45) is 0 Å². The minimum absolute atomic E-state index is 0.355. The smallest absolute Gasteiger partial charge is 0.267 e. The minimum atomic E-state index is -3.98. The monoisotopic (exact) mass is 294 g/mol. The molecule has 0 saturated heterocycles. The zero-order chi connectivity index (χ0) is 14.7. The van der Waals surface area contributed by atoms with Gasteiger partial charge in [0, 0.05) is 0 Å². The summed E-state index contributed by atoms with van der Waals surface area (Å²) in [6.45, 7) is 4.12. The van der Waals surface area contributed by atoms with Crippen molar-refractivity contribution in [2.45, 2.75) is 89.4 Å². The molecule has 2 N–H and O–H groups in total. The summed E-state index contributed by atoms with van der Waals surface area (Å²) in [7, 11) is -3.98. The molecule has 0 radical (unpaired) electrons. The molecule has 4 nitrogen and oxygen atoms in total. The van der Waals surface area contributed by atoms with Gasteiger partial charge in [-0.15, -0.1) is 0 Å². The van der Waals surface area contributed by atoms with Crippen LogP contribution in [0.25, 0.3) is 0 Å². The zero-order valence-corrected chi connectivity index (χ0v) is 13.2. The van der Waals surface area contributed by atoms with E-state index in [4.69, 9.17) is 0 Å². The van der Waals surface area contributed by atoms with Crippen LogP contribution >= 0.6 is 0 Å². The van der Waals surface area contributed by atoms with Crippen LogP contribution in [0.2, 0.25) is 0 Å². The van der Waals surface area contributed by atoms with Crippen molar-refractivity contribution in [1.82, 2.24) is 0 Å². The standard InChI is InChI=1S/C14H30O4S/c1-3-5-6-7-8-10-14(19(16,17)18)12-11-13(15)9-4-2/h13-15H,3-12H2,1-2H3,(H,16,17,18). The molecule has 0 aromatic heterocycles. The van der Waals surface area contributed by atoms with Crippen molar-refractivity contribution in [3.8, 4) is 0 Å². The van der Waals surface area contributed by atoms with E-state index in [-0.39, 0.29) is 0 Å². The Bertz CT molecular complexity index is 301. The Kier molecular flexibility index (Phi) is 10.6. The van der Waals surface area contributed by atoms with Crippen molar-refractivity contribution >= 4 is 10.1 Å². The number of unbranched alkanes of at least 4 members (excludes halogenated alkanes) is 4. The Morgan fingerprint density at radius 3 is 2.00 bits per heavy atom. The van der Waals surface area contributed by atoms with E-state index < -0.39 is 21.5 Å². The Morgan fingerprint density at radius 1 is 0.842 bits per heavy atom. The summed E-state index contributed by atoms with van der Waals surface area (Å²) in [5.41, 5.74) is 0. The first kappa shape index (κ1) is 18.9. The number of hydrogen-bond acceptors (Lipinski definition) is 3. The fraction of sp³-hybridized carbons (Fsp3) is 1.00. The van der Waals surface area contributed by atoms with E-state index in [0.29, 0.717) is 25.7 Å². The molecule has 0 bridgehead atoms. The van der Waals surface area contributed by atoms with Gasteiger partial charge >= 0.3 is 0 Å². The number of rotatable bonds is 12. The van der Waals surface area contributed by atoms with Gasteiger partial charge in [0.1, 0.15) is 0 Å². The van der Waals surface area contributed by atoms with Crippen molar-refractivity contribution in [2.75, 3.05) is 0 Å². The molecule has 2 atom stereocenters. The normalized spacial score (nSPS) is 15.4.